The number of likely N-dealkylation sites (tertiary alicyclic amines) is 2. The molecule has 7 nitrogen and oxygen atoms in total. The van der Waals surface area contributed by atoms with Gasteiger partial charge in [0.2, 0.25) is 0 Å². The second-order valence-electron chi connectivity index (χ2n) is 8.86. The highest BCUT2D eigenvalue weighted by Gasteiger charge is 2.31. The number of amides is 1. The predicted octanol–water partition coefficient (Wildman–Crippen LogP) is 4.17. The van der Waals surface area contributed by atoms with Crippen LogP contribution in [0.1, 0.15) is 57.9 Å². The zero-order valence-electron chi connectivity index (χ0n) is 17.1. The van der Waals surface area contributed by atoms with E-state index in [1.54, 1.807) is 12.1 Å². The van der Waals surface area contributed by atoms with Crippen LogP contribution in [0.15, 0.2) is 24.3 Å². The number of hydrogen-bond donors (Lipinski definition) is 0. The zero-order valence-corrected chi connectivity index (χ0v) is 17.1. The molecular formula is C21H31N3O4. The first-order valence-corrected chi connectivity index (χ1v) is 10.2. The SMILES string of the molecule is CC(C)(C)OC(=O)N1CCC(N2CCC(c3ccc([N+](=O)[O-])cc3)CC2)CC1. The van der Waals surface area contributed by atoms with Crippen molar-refractivity contribution in [2.45, 2.75) is 64.0 Å². The third kappa shape index (κ3) is 5.22. The summed E-state index contributed by atoms with van der Waals surface area (Å²) in [5.74, 6) is 0.471. The predicted molar refractivity (Wildman–Crippen MR) is 107 cm³/mol. The molecule has 0 unspecified atom stereocenters. The lowest BCUT2D eigenvalue weighted by atomic mass is 9.88. The van der Waals surface area contributed by atoms with E-state index >= 15 is 0 Å². The molecule has 2 saturated heterocycles. The average Bonchev–Trinajstić information content (AvgIpc) is 2.67. The van der Waals surface area contributed by atoms with Crippen molar-refractivity contribution >= 4 is 11.8 Å². The summed E-state index contributed by atoms with van der Waals surface area (Å²) in [6.45, 7) is 9.27. The molecule has 0 atom stereocenters. The van der Waals surface area contributed by atoms with Gasteiger partial charge in [0.25, 0.3) is 5.69 Å². The minimum atomic E-state index is -0.451. The van der Waals surface area contributed by atoms with E-state index in [0.29, 0.717) is 12.0 Å². The number of benzene rings is 1. The van der Waals surface area contributed by atoms with Gasteiger partial charge < -0.3 is 14.5 Å². The van der Waals surface area contributed by atoms with Crippen LogP contribution in [-0.2, 0) is 4.74 Å². The molecule has 2 heterocycles. The van der Waals surface area contributed by atoms with Crippen molar-refractivity contribution in [2.24, 2.45) is 0 Å². The van der Waals surface area contributed by atoms with E-state index in [0.717, 1.165) is 51.9 Å². The topological polar surface area (TPSA) is 75.9 Å². The lowest BCUT2D eigenvalue weighted by Gasteiger charge is -2.42. The Hall–Kier alpha value is -2.15. The number of non-ortho nitro benzene ring substituents is 1. The number of ether oxygens (including phenoxy) is 1. The number of nitro groups is 1. The summed E-state index contributed by atoms with van der Waals surface area (Å²) in [7, 11) is 0. The largest absolute Gasteiger partial charge is 0.444 e. The summed E-state index contributed by atoms with van der Waals surface area (Å²) < 4.78 is 5.48. The lowest BCUT2D eigenvalue weighted by molar-refractivity contribution is -0.384. The van der Waals surface area contributed by atoms with Gasteiger partial charge >= 0.3 is 6.09 Å². The van der Waals surface area contributed by atoms with Crippen LogP contribution >= 0.6 is 0 Å². The highest BCUT2D eigenvalue weighted by molar-refractivity contribution is 5.68. The van der Waals surface area contributed by atoms with Gasteiger partial charge in [-0.3, -0.25) is 10.1 Å². The molecule has 0 spiro atoms. The highest BCUT2D eigenvalue weighted by atomic mass is 16.6. The van der Waals surface area contributed by atoms with Crippen molar-refractivity contribution in [3.63, 3.8) is 0 Å². The first kappa shape index (κ1) is 20.6. The van der Waals surface area contributed by atoms with E-state index in [1.165, 1.54) is 5.56 Å². The van der Waals surface area contributed by atoms with Crippen molar-refractivity contribution in [3.05, 3.63) is 39.9 Å². The Morgan fingerprint density at radius 1 is 1.04 bits per heavy atom. The molecule has 7 heteroatoms. The summed E-state index contributed by atoms with van der Waals surface area (Å²) in [6.07, 6.45) is 3.92. The Kier molecular flexibility index (Phi) is 6.23. The molecule has 1 aromatic carbocycles. The number of carbonyl (C=O) groups excluding carboxylic acids is 1. The standard InChI is InChI=1S/C21H31N3O4/c1-21(2,3)28-20(25)23-14-10-18(11-15-23)22-12-8-17(9-13-22)16-4-6-19(7-5-16)24(26)27/h4-7,17-18H,8-15H2,1-3H3. The van der Waals surface area contributed by atoms with Gasteiger partial charge in [-0.05, 0) is 71.0 Å². The van der Waals surface area contributed by atoms with Crippen LogP contribution in [0.4, 0.5) is 10.5 Å². The maximum Gasteiger partial charge on any atom is 0.410 e. The Bertz CT molecular complexity index is 683. The molecule has 0 aromatic heterocycles. The van der Waals surface area contributed by atoms with E-state index in [1.807, 2.05) is 37.8 Å². The molecule has 0 bridgehead atoms. The molecule has 2 aliphatic heterocycles. The molecule has 28 heavy (non-hydrogen) atoms. The van der Waals surface area contributed by atoms with Crippen LogP contribution in [0.5, 0.6) is 0 Å². The van der Waals surface area contributed by atoms with Crippen molar-refractivity contribution in [1.82, 2.24) is 9.80 Å². The first-order chi connectivity index (χ1) is 13.2. The normalized spacial score (nSPS) is 20.2. The van der Waals surface area contributed by atoms with Crippen molar-refractivity contribution in [1.29, 1.82) is 0 Å². The quantitative estimate of drug-likeness (QED) is 0.573. The summed E-state index contributed by atoms with van der Waals surface area (Å²) in [5.41, 5.74) is 0.899. The van der Waals surface area contributed by atoms with Crippen LogP contribution in [-0.4, -0.2) is 58.6 Å². The second kappa shape index (κ2) is 8.47. The van der Waals surface area contributed by atoms with Crippen molar-refractivity contribution < 1.29 is 14.5 Å². The van der Waals surface area contributed by atoms with E-state index in [2.05, 4.69) is 4.90 Å². The van der Waals surface area contributed by atoms with Gasteiger partial charge in [0.1, 0.15) is 5.60 Å². The van der Waals surface area contributed by atoms with Gasteiger partial charge in [-0.1, -0.05) is 12.1 Å². The van der Waals surface area contributed by atoms with Gasteiger partial charge in [-0.25, -0.2) is 4.79 Å². The fourth-order valence-electron chi connectivity index (χ4n) is 4.21. The van der Waals surface area contributed by atoms with Crippen LogP contribution in [0.25, 0.3) is 0 Å². The highest BCUT2D eigenvalue weighted by Crippen LogP contribution is 2.31. The van der Waals surface area contributed by atoms with E-state index in [4.69, 9.17) is 4.74 Å². The first-order valence-electron chi connectivity index (χ1n) is 10.2. The Balaban J connectivity index is 1.46. The van der Waals surface area contributed by atoms with Crippen LogP contribution in [0.2, 0.25) is 0 Å². The fourth-order valence-corrected chi connectivity index (χ4v) is 4.21. The maximum atomic E-state index is 12.2. The molecule has 1 amide bonds. The van der Waals surface area contributed by atoms with Gasteiger partial charge in [-0.15, -0.1) is 0 Å². The third-order valence-corrected chi connectivity index (χ3v) is 5.74. The zero-order chi connectivity index (χ0) is 20.3. The molecule has 0 radical (unpaired) electrons. The monoisotopic (exact) mass is 389 g/mol. The smallest absolute Gasteiger partial charge is 0.410 e. The summed E-state index contributed by atoms with van der Waals surface area (Å²) in [4.78, 5) is 27.0. The van der Waals surface area contributed by atoms with E-state index in [9.17, 15) is 14.9 Å². The number of nitrogens with zero attached hydrogens (tertiary/aromatic N) is 3. The van der Waals surface area contributed by atoms with Gasteiger partial charge in [0, 0.05) is 31.3 Å². The molecule has 2 fully saturated rings. The van der Waals surface area contributed by atoms with Crippen LogP contribution in [0, 0.1) is 10.1 Å². The molecule has 0 saturated carbocycles. The molecule has 0 aliphatic carbocycles. The van der Waals surface area contributed by atoms with E-state index < -0.39 is 5.60 Å². The second-order valence-corrected chi connectivity index (χ2v) is 8.86. The number of nitro benzene ring substituents is 1. The van der Waals surface area contributed by atoms with E-state index in [-0.39, 0.29) is 16.7 Å². The minimum absolute atomic E-state index is 0.151. The molecule has 2 aliphatic rings. The molecule has 3 rings (SSSR count). The maximum absolute atomic E-state index is 12.2. The van der Waals surface area contributed by atoms with Gasteiger partial charge in [0.15, 0.2) is 0 Å². The van der Waals surface area contributed by atoms with Crippen molar-refractivity contribution in [2.75, 3.05) is 26.2 Å². The minimum Gasteiger partial charge on any atom is -0.444 e. The fraction of sp³-hybridized carbons (Fsp3) is 0.667. The summed E-state index contributed by atoms with van der Waals surface area (Å²) in [5, 5.41) is 10.8. The van der Waals surface area contributed by atoms with Gasteiger partial charge in [-0.2, -0.15) is 0 Å². The number of hydrogen-bond acceptors (Lipinski definition) is 5. The molecule has 154 valence electrons. The Morgan fingerprint density at radius 3 is 2.11 bits per heavy atom. The molecule has 0 N–H and O–H groups in total. The molecular weight excluding hydrogens is 358 g/mol. The number of carbonyl (C=O) groups is 1. The van der Waals surface area contributed by atoms with Gasteiger partial charge in [0.05, 0.1) is 4.92 Å². The van der Waals surface area contributed by atoms with Crippen LogP contribution < -0.4 is 0 Å². The van der Waals surface area contributed by atoms with Crippen molar-refractivity contribution in [3.8, 4) is 0 Å². The average molecular weight is 389 g/mol. The summed E-state index contributed by atoms with van der Waals surface area (Å²) >= 11 is 0. The number of piperidine rings is 2. The Morgan fingerprint density at radius 2 is 1.61 bits per heavy atom. The third-order valence-electron chi connectivity index (χ3n) is 5.74. The van der Waals surface area contributed by atoms with Crippen LogP contribution in [0.3, 0.4) is 0 Å². The number of rotatable bonds is 3. The Labute approximate surface area is 166 Å². The molecule has 1 aromatic rings. The summed E-state index contributed by atoms with van der Waals surface area (Å²) in [6, 6.07) is 7.54. The lowest BCUT2D eigenvalue weighted by Crippen LogP contribution is -2.49.